The Labute approximate surface area is 90.6 Å². The molecule has 2 heteroatoms. The van der Waals surface area contributed by atoms with Gasteiger partial charge in [0.25, 0.3) is 0 Å². The monoisotopic (exact) mass is 207 g/mol. The molecular formula is C12H17NS. The lowest BCUT2D eigenvalue weighted by Gasteiger charge is -2.22. The Morgan fingerprint density at radius 2 is 2.07 bits per heavy atom. The van der Waals surface area contributed by atoms with Crippen molar-refractivity contribution in [1.82, 2.24) is 4.90 Å². The van der Waals surface area contributed by atoms with Crippen LogP contribution in [0.4, 0.5) is 0 Å². The first-order valence-corrected chi connectivity index (χ1v) is 5.88. The van der Waals surface area contributed by atoms with Crippen LogP contribution in [0.15, 0.2) is 35.0 Å². The molecule has 0 aromatic heterocycles. The summed E-state index contributed by atoms with van der Waals surface area (Å²) in [6.45, 7) is 8.96. The highest BCUT2D eigenvalue weighted by Gasteiger charge is 2.30. The van der Waals surface area contributed by atoms with Crippen molar-refractivity contribution in [3.05, 3.63) is 35.0 Å². The SMILES string of the molecule is CC1=CC2SC(C(C)(C)C)=CN2C=C1. The Balaban J connectivity index is 2.21. The van der Waals surface area contributed by atoms with E-state index in [1.807, 2.05) is 11.8 Å². The first-order valence-electron chi connectivity index (χ1n) is 5.00. The third-order valence-electron chi connectivity index (χ3n) is 2.46. The lowest BCUT2D eigenvalue weighted by atomic mass is 9.96. The molecule has 0 saturated heterocycles. The van der Waals surface area contributed by atoms with Crippen LogP contribution >= 0.6 is 11.8 Å². The molecule has 0 saturated carbocycles. The highest BCUT2D eigenvalue weighted by molar-refractivity contribution is 8.04. The predicted molar refractivity (Wildman–Crippen MR) is 63.7 cm³/mol. The van der Waals surface area contributed by atoms with E-state index in [0.717, 1.165) is 0 Å². The van der Waals surface area contributed by atoms with Crippen LogP contribution in [0.3, 0.4) is 0 Å². The molecule has 2 heterocycles. The second-order valence-electron chi connectivity index (χ2n) is 4.93. The fourth-order valence-corrected chi connectivity index (χ4v) is 2.86. The summed E-state index contributed by atoms with van der Waals surface area (Å²) in [7, 11) is 0. The maximum Gasteiger partial charge on any atom is 0.102 e. The third-order valence-corrected chi connectivity index (χ3v) is 4.05. The lowest BCUT2D eigenvalue weighted by molar-refractivity contribution is 0.503. The molecule has 1 nitrogen and oxygen atoms in total. The summed E-state index contributed by atoms with van der Waals surface area (Å²) in [5.74, 6) is 0. The Morgan fingerprint density at radius 3 is 2.71 bits per heavy atom. The molecule has 0 N–H and O–H groups in total. The highest BCUT2D eigenvalue weighted by atomic mass is 32.2. The van der Waals surface area contributed by atoms with Crippen LogP contribution in [0.1, 0.15) is 27.7 Å². The Hall–Kier alpha value is -0.630. The standard InChI is InChI=1S/C12H17NS/c1-9-5-6-13-8-10(12(2,3)4)14-11(13)7-9/h5-8,11H,1-4H3. The number of thioether (sulfide) groups is 1. The average Bonchev–Trinajstić information content (AvgIpc) is 2.45. The van der Waals surface area contributed by atoms with Gasteiger partial charge < -0.3 is 4.90 Å². The van der Waals surface area contributed by atoms with Gasteiger partial charge in [-0.05, 0) is 24.5 Å². The van der Waals surface area contributed by atoms with Crippen LogP contribution in [-0.2, 0) is 0 Å². The molecule has 2 rings (SSSR count). The fourth-order valence-electron chi connectivity index (χ4n) is 1.53. The zero-order valence-corrected chi connectivity index (χ0v) is 10.1. The van der Waals surface area contributed by atoms with Crippen LogP contribution < -0.4 is 0 Å². The first-order chi connectivity index (χ1) is 6.47. The van der Waals surface area contributed by atoms with Gasteiger partial charge in [0.1, 0.15) is 5.37 Å². The molecular weight excluding hydrogens is 190 g/mol. The van der Waals surface area contributed by atoms with Crippen molar-refractivity contribution in [2.45, 2.75) is 33.1 Å². The van der Waals surface area contributed by atoms with Gasteiger partial charge in [-0.2, -0.15) is 0 Å². The summed E-state index contributed by atoms with van der Waals surface area (Å²) >= 11 is 1.96. The van der Waals surface area contributed by atoms with Gasteiger partial charge in [0, 0.05) is 17.3 Å². The molecule has 14 heavy (non-hydrogen) atoms. The number of rotatable bonds is 0. The van der Waals surface area contributed by atoms with Gasteiger partial charge in [-0.25, -0.2) is 0 Å². The highest BCUT2D eigenvalue weighted by Crippen LogP contribution is 2.44. The second kappa shape index (κ2) is 3.20. The van der Waals surface area contributed by atoms with E-state index in [1.54, 1.807) is 0 Å². The molecule has 0 aromatic carbocycles. The number of fused-ring (bicyclic) bond motifs is 1. The third kappa shape index (κ3) is 1.76. The minimum atomic E-state index is 0.275. The molecule has 76 valence electrons. The van der Waals surface area contributed by atoms with E-state index in [4.69, 9.17) is 0 Å². The maximum atomic E-state index is 2.32. The topological polar surface area (TPSA) is 3.24 Å². The van der Waals surface area contributed by atoms with Gasteiger partial charge in [-0.15, -0.1) is 0 Å². The molecule has 0 bridgehead atoms. The van der Waals surface area contributed by atoms with Crippen molar-refractivity contribution >= 4 is 11.8 Å². The lowest BCUT2D eigenvalue weighted by Crippen LogP contribution is -2.18. The zero-order chi connectivity index (χ0) is 10.3. The number of hydrogen-bond donors (Lipinski definition) is 0. The quantitative estimate of drug-likeness (QED) is 0.595. The maximum absolute atomic E-state index is 2.32. The first kappa shape index (κ1) is 9.91. The van der Waals surface area contributed by atoms with Gasteiger partial charge in [-0.1, -0.05) is 38.1 Å². The molecule has 0 radical (unpaired) electrons. The molecule has 1 unspecified atom stereocenters. The molecule has 0 aromatic rings. The average molecular weight is 207 g/mol. The smallest absolute Gasteiger partial charge is 0.102 e. The van der Waals surface area contributed by atoms with Crippen molar-refractivity contribution < 1.29 is 0 Å². The van der Waals surface area contributed by atoms with E-state index < -0.39 is 0 Å². The van der Waals surface area contributed by atoms with Crippen molar-refractivity contribution in [2.75, 3.05) is 0 Å². The summed E-state index contributed by atoms with van der Waals surface area (Å²) in [6.07, 6.45) is 8.93. The molecule has 0 aliphatic carbocycles. The summed E-state index contributed by atoms with van der Waals surface area (Å²) in [5, 5.41) is 0.495. The van der Waals surface area contributed by atoms with E-state index in [-0.39, 0.29) is 5.41 Å². The zero-order valence-electron chi connectivity index (χ0n) is 9.24. The van der Waals surface area contributed by atoms with E-state index in [9.17, 15) is 0 Å². The van der Waals surface area contributed by atoms with E-state index >= 15 is 0 Å². The minimum absolute atomic E-state index is 0.275. The summed E-state index contributed by atoms with van der Waals surface area (Å²) in [6, 6.07) is 0. The number of nitrogens with zero attached hydrogens (tertiary/aromatic N) is 1. The van der Waals surface area contributed by atoms with E-state index in [0.29, 0.717) is 5.37 Å². The van der Waals surface area contributed by atoms with Gasteiger partial charge in [0.05, 0.1) is 0 Å². The molecule has 2 aliphatic heterocycles. The van der Waals surface area contributed by atoms with Crippen LogP contribution in [0.25, 0.3) is 0 Å². The molecule has 0 fully saturated rings. The van der Waals surface area contributed by atoms with Crippen LogP contribution in [0.2, 0.25) is 0 Å². The van der Waals surface area contributed by atoms with E-state index in [2.05, 4.69) is 57.1 Å². The molecule has 1 atom stereocenters. The fraction of sp³-hybridized carbons (Fsp3) is 0.500. The number of allylic oxidation sites excluding steroid dienone is 3. The van der Waals surface area contributed by atoms with Gasteiger partial charge >= 0.3 is 0 Å². The Kier molecular flexibility index (Phi) is 2.26. The van der Waals surface area contributed by atoms with Crippen LogP contribution in [0.5, 0.6) is 0 Å². The Morgan fingerprint density at radius 1 is 1.36 bits per heavy atom. The summed E-state index contributed by atoms with van der Waals surface area (Å²) in [4.78, 5) is 3.76. The number of hydrogen-bond acceptors (Lipinski definition) is 2. The van der Waals surface area contributed by atoms with Gasteiger partial charge in [0.15, 0.2) is 0 Å². The molecule has 0 spiro atoms. The van der Waals surface area contributed by atoms with Crippen molar-refractivity contribution in [3.8, 4) is 0 Å². The van der Waals surface area contributed by atoms with E-state index in [1.165, 1.54) is 10.5 Å². The van der Waals surface area contributed by atoms with Crippen molar-refractivity contribution in [3.63, 3.8) is 0 Å². The molecule has 2 aliphatic rings. The Bertz CT molecular complexity index is 331. The van der Waals surface area contributed by atoms with Crippen molar-refractivity contribution in [1.29, 1.82) is 0 Å². The molecule has 0 amide bonds. The second-order valence-corrected chi connectivity index (χ2v) is 6.08. The normalized spacial score (nSPS) is 26.0. The minimum Gasteiger partial charge on any atom is -0.337 e. The van der Waals surface area contributed by atoms with Gasteiger partial charge in [0.2, 0.25) is 0 Å². The summed E-state index contributed by atoms with van der Waals surface area (Å²) < 4.78 is 0. The summed E-state index contributed by atoms with van der Waals surface area (Å²) in [5.41, 5.74) is 1.64. The van der Waals surface area contributed by atoms with Crippen LogP contribution in [0, 0.1) is 5.41 Å². The predicted octanol–water partition coefficient (Wildman–Crippen LogP) is 3.72. The largest absolute Gasteiger partial charge is 0.337 e. The van der Waals surface area contributed by atoms with Crippen molar-refractivity contribution in [2.24, 2.45) is 5.41 Å². The van der Waals surface area contributed by atoms with Crippen LogP contribution in [-0.4, -0.2) is 10.3 Å². The van der Waals surface area contributed by atoms with Gasteiger partial charge in [-0.3, -0.25) is 0 Å².